The Labute approximate surface area is 130 Å². The molecule has 0 aromatic heterocycles. The molecule has 1 unspecified atom stereocenters. The summed E-state index contributed by atoms with van der Waals surface area (Å²) in [6, 6.07) is 4.01. The molecular formula is C14H21FN2O2S2. The highest BCUT2D eigenvalue weighted by molar-refractivity contribution is 7.99. The second-order valence-electron chi connectivity index (χ2n) is 5.07. The fourth-order valence-electron chi connectivity index (χ4n) is 2.31. The van der Waals surface area contributed by atoms with E-state index in [0.717, 1.165) is 11.5 Å². The quantitative estimate of drug-likeness (QED) is 0.897. The van der Waals surface area contributed by atoms with Crippen molar-refractivity contribution in [1.82, 2.24) is 9.62 Å². The third kappa shape index (κ3) is 3.77. The van der Waals surface area contributed by atoms with E-state index in [0.29, 0.717) is 25.2 Å². The van der Waals surface area contributed by atoms with E-state index in [2.05, 4.69) is 5.32 Å². The predicted octanol–water partition coefficient (Wildman–Crippen LogP) is 2.06. The lowest BCUT2D eigenvalue weighted by atomic mass is 10.2. The molecule has 0 aliphatic carbocycles. The number of thioether (sulfide) groups is 1. The van der Waals surface area contributed by atoms with Crippen LogP contribution in [0, 0.1) is 5.82 Å². The summed E-state index contributed by atoms with van der Waals surface area (Å²) >= 11 is 1.76. The summed E-state index contributed by atoms with van der Waals surface area (Å²) in [5.41, 5.74) is 0.386. The van der Waals surface area contributed by atoms with Gasteiger partial charge < -0.3 is 5.32 Å². The maximum absolute atomic E-state index is 13.7. The fourth-order valence-corrected chi connectivity index (χ4v) is 5.22. The van der Waals surface area contributed by atoms with Gasteiger partial charge in [0.15, 0.2) is 0 Å². The van der Waals surface area contributed by atoms with Crippen molar-refractivity contribution in [1.29, 1.82) is 0 Å². The first-order chi connectivity index (χ1) is 9.96. The molecule has 1 fully saturated rings. The molecule has 0 saturated carbocycles. The van der Waals surface area contributed by atoms with Gasteiger partial charge in [0.1, 0.15) is 5.82 Å². The Morgan fingerprint density at radius 1 is 1.48 bits per heavy atom. The van der Waals surface area contributed by atoms with Gasteiger partial charge in [-0.15, -0.1) is 0 Å². The van der Waals surface area contributed by atoms with Gasteiger partial charge in [-0.2, -0.15) is 16.1 Å². The van der Waals surface area contributed by atoms with Gasteiger partial charge in [-0.25, -0.2) is 12.8 Å². The SMILES string of the molecule is CCNCc1cc(S(=O)(=O)N2CCSCC2C)ccc1F. The Morgan fingerprint density at radius 3 is 2.90 bits per heavy atom. The maximum Gasteiger partial charge on any atom is 0.243 e. The van der Waals surface area contributed by atoms with Crippen molar-refractivity contribution in [2.24, 2.45) is 0 Å². The van der Waals surface area contributed by atoms with Crippen LogP contribution in [0.5, 0.6) is 0 Å². The Balaban J connectivity index is 2.31. The van der Waals surface area contributed by atoms with Crippen molar-refractivity contribution < 1.29 is 12.8 Å². The van der Waals surface area contributed by atoms with Crippen molar-refractivity contribution in [3.05, 3.63) is 29.6 Å². The molecule has 1 N–H and O–H groups in total. The molecule has 1 aliphatic rings. The summed E-state index contributed by atoms with van der Waals surface area (Å²) < 4.78 is 40.7. The summed E-state index contributed by atoms with van der Waals surface area (Å²) in [7, 11) is -3.55. The zero-order valence-corrected chi connectivity index (χ0v) is 13.9. The van der Waals surface area contributed by atoms with Crippen LogP contribution in [0.2, 0.25) is 0 Å². The van der Waals surface area contributed by atoms with Crippen LogP contribution < -0.4 is 5.32 Å². The Bertz CT molecular complexity index is 593. The number of benzene rings is 1. The molecule has 1 atom stereocenters. The molecule has 1 aromatic carbocycles. The second-order valence-corrected chi connectivity index (χ2v) is 8.11. The van der Waals surface area contributed by atoms with E-state index >= 15 is 0 Å². The van der Waals surface area contributed by atoms with E-state index in [-0.39, 0.29) is 16.8 Å². The van der Waals surface area contributed by atoms with E-state index < -0.39 is 10.0 Å². The molecule has 7 heteroatoms. The molecule has 1 aromatic rings. The number of nitrogens with one attached hydrogen (secondary N) is 1. The first kappa shape index (κ1) is 16.7. The number of nitrogens with zero attached hydrogens (tertiary/aromatic N) is 1. The molecule has 2 rings (SSSR count). The fraction of sp³-hybridized carbons (Fsp3) is 0.571. The van der Waals surface area contributed by atoms with Gasteiger partial charge in [-0.1, -0.05) is 6.92 Å². The van der Waals surface area contributed by atoms with Gasteiger partial charge in [0.25, 0.3) is 0 Å². The number of hydrogen-bond donors (Lipinski definition) is 1. The van der Waals surface area contributed by atoms with Gasteiger partial charge in [0.05, 0.1) is 4.90 Å². The molecule has 21 heavy (non-hydrogen) atoms. The molecule has 1 saturated heterocycles. The summed E-state index contributed by atoms with van der Waals surface area (Å²) in [6.07, 6.45) is 0. The Hall–Kier alpha value is -0.630. The van der Waals surface area contributed by atoms with Crippen molar-refractivity contribution in [2.45, 2.75) is 31.3 Å². The van der Waals surface area contributed by atoms with Crippen LogP contribution in [-0.2, 0) is 16.6 Å². The van der Waals surface area contributed by atoms with Crippen LogP contribution in [-0.4, -0.2) is 43.4 Å². The monoisotopic (exact) mass is 332 g/mol. The molecule has 1 aliphatic heterocycles. The predicted molar refractivity (Wildman–Crippen MR) is 84.5 cm³/mol. The molecular weight excluding hydrogens is 311 g/mol. The molecule has 1 heterocycles. The topological polar surface area (TPSA) is 49.4 Å². The first-order valence-corrected chi connectivity index (χ1v) is 9.65. The highest BCUT2D eigenvalue weighted by Gasteiger charge is 2.31. The molecule has 118 valence electrons. The van der Waals surface area contributed by atoms with Crippen LogP contribution in [0.3, 0.4) is 0 Å². The highest BCUT2D eigenvalue weighted by Crippen LogP contribution is 2.25. The smallest absolute Gasteiger partial charge is 0.243 e. The van der Waals surface area contributed by atoms with E-state index in [1.165, 1.54) is 22.5 Å². The van der Waals surface area contributed by atoms with E-state index in [4.69, 9.17) is 0 Å². The highest BCUT2D eigenvalue weighted by atomic mass is 32.2. The normalized spacial score (nSPS) is 20.6. The minimum absolute atomic E-state index is 0.0315. The third-order valence-corrected chi connectivity index (χ3v) is 6.69. The second kappa shape index (κ2) is 7.09. The Kier molecular flexibility index (Phi) is 5.65. The van der Waals surface area contributed by atoms with Crippen molar-refractivity contribution in [3.63, 3.8) is 0 Å². The molecule has 4 nitrogen and oxygen atoms in total. The van der Waals surface area contributed by atoms with Gasteiger partial charge >= 0.3 is 0 Å². The lowest BCUT2D eigenvalue weighted by Crippen LogP contribution is -2.44. The lowest BCUT2D eigenvalue weighted by molar-refractivity contribution is 0.367. The molecule has 0 spiro atoms. The van der Waals surface area contributed by atoms with Crippen molar-refractivity contribution >= 4 is 21.8 Å². The van der Waals surface area contributed by atoms with Crippen molar-refractivity contribution in [3.8, 4) is 0 Å². The molecule has 0 bridgehead atoms. The van der Waals surface area contributed by atoms with Crippen LogP contribution in [0.4, 0.5) is 4.39 Å². The summed E-state index contributed by atoms with van der Waals surface area (Å²) in [6.45, 7) is 5.38. The number of rotatable bonds is 5. The van der Waals surface area contributed by atoms with Gasteiger partial charge in [0.2, 0.25) is 10.0 Å². The summed E-state index contributed by atoms with van der Waals surface area (Å²) in [4.78, 5) is 0.176. The summed E-state index contributed by atoms with van der Waals surface area (Å²) in [5, 5.41) is 3.02. The van der Waals surface area contributed by atoms with Gasteiger partial charge in [-0.3, -0.25) is 0 Å². The zero-order chi connectivity index (χ0) is 15.5. The van der Waals surface area contributed by atoms with Gasteiger partial charge in [-0.05, 0) is 31.7 Å². The van der Waals surface area contributed by atoms with Crippen molar-refractivity contribution in [2.75, 3.05) is 24.6 Å². The average Bonchev–Trinajstić information content (AvgIpc) is 2.46. The molecule has 0 radical (unpaired) electrons. The van der Waals surface area contributed by atoms with Crippen LogP contribution in [0.25, 0.3) is 0 Å². The third-order valence-electron chi connectivity index (χ3n) is 3.50. The number of sulfonamides is 1. The largest absolute Gasteiger partial charge is 0.313 e. The van der Waals surface area contributed by atoms with Crippen LogP contribution in [0.1, 0.15) is 19.4 Å². The zero-order valence-electron chi connectivity index (χ0n) is 12.3. The van der Waals surface area contributed by atoms with E-state index in [1.54, 1.807) is 11.8 Å². The average molecular weight is 332 g/mol. The standard InChI is InChI=1S/C14H21FN2O2S2/c1-3-16-9-12-8-13(4-5-14(12)15)21(18,19)17-6-7-20-10-11(17)2/h4-5,8,11,16H,3,6-7,9-10H2,1-2H3. The van der Waals surface area contributed by atoms with Crippen LogP contribution >= 0.6 is 11.8 Å². The minimum atomic E-state index is -3.55. The van der Waals surface area contributed by atoms with Gasteiger partial charge in [0, 0.05) is 36.2 Å². The van der Waals surface area contributed by atoms with Crippen LogP contribution in [0.15, 0.2) is 23.1 Å². The van der Waals surface area contributed by atoms with E-state index in [1.807, 2.05) is 13.8 Å². The number of hydrogen-bond acceptors (Lipinski definition) is 4. The Morgan fingerprint density at radius 2 is 2.24 bits per heavy atom. The summed E-state index contributed by atoms with van der Waals surface area (Å²) in [5.74, 6) is 1.22. The molecule has 0 amide bonds. The van der Waals surface area contributed by atoms with E-state index in [9.17, 15) is 12.8 Å². The lowest BCUT2D eigenvalue weighted by Gasteiger charge is -2.32. The number of halogens is 1. The minimum Gasteiger partial charge on any atom is -0.313 e. The first-order valence-electron chi connectivity index (χ1n) is 7.05. The maximum atomic E-state index is 13.7.